The van der Waals surface area contributed by atoms with Crippen LogP contribution in [0.2, 0.25) is 0 Å². The Morgan fingerprint density at radius 1 is 1.32 bits per heavy atom. The van der Waals surface area contributed by atoms with Crippen LogP contribution in [0.5, 0.6) is 5.75 Å². The summed E-state index contributed by atoms with van der Waals surface area (Å²) in [6.07, 6.45) is 4.79. The van der Waals surface area contributed by atoms with Crippen molar-refractivity contribution in [1.82, 2.24) is 5.32 Å². The van der Waals surface area contributed by atoms with Gasteiger partial charge in [-0.25, -0.2) is 4.79 Å². The van der Waals surface area contributed by atoms with Crippen LogP contribution >= 0.6 is 0 Å². The van der Waals surface area contributed by atoms with Crippen molar-refractivity contribution in [3.8, 4) is 5.75 Å². The van der Waals surface area contributed by atoms with Gasteiger partial charge in [0.05, 0.1) is 0 Å². The summed E-state index contributed by atoms with van der Waals surface area (Å²) in [6.45, 7) is 5.66. The summed E-state index contributed by atoms with van der Waals surface area (Å²) < 4.78 is 11.4. The predicted octanol–water partition coefficient (Wildman–Crippen LogP) is 3.21. The van der Waals surface area contributed by atoms with Crippen molar-refractivity contribution in [3.05, 3.63) is 39.7 Å². The van der Waals surface area contributed by atoms with Crippen molar-refractivity contribution in [1.29, 1.82) is 0 Å². The molecule has 28 heavy (non-hydrogen) atoms. The van der Waals surface area contributed by atoms with E-state index in [2.05, 4.69) is 12.2 Å². The summed E-state index contributed by atoms with van der Waals surface area (Å²) in [5.74, 6) is 0.416. The van der Waals surface area contributed by atoms with E-state index in [0.717, 1.165) is 55.0 Å². The first kappa shape index (κ1) is 20.4. The number of carbonyl (C=O) groups excluding carboxylic acids is 1. The lowest BCUT2D eigenvalue weighted by Gasteiger charge is -2.28. The van der Waals surface area contributed by atoms with Gasteiger partial charge in [-0.3, -0.25) is 4.79 Å². The maximum absolute atomic E-state index is 12.5. The van der Waals surface area contributed by atoms with Crippen LogP contribution in [0, 0.1) is 6.92 Å². The molecule has 1 aliphatic carbocycles. The Morgan fingerprint density at radius 3 is 2.71 bits per heavy atom. The molecule has 2 aromatic rings. The number of nitrogens with one attached hydrogen (secondary N) is 1. The molecule has 1 saturated carbocycles. The Labute approximate surface area is 165 Å². The summed E-state index contributed by atoms with van der Waals surface area (Å²) in [5.41, 5.74) is 7.80. The Kier molecular flexibility index (Phi) is 6.39. The van der Waals surface area contributed by atoms with Gasteiger partial charge in [-0.05, 0) is 63.6 Å². The third-order valence-corrected chi connectivity index (χ3v) is 5.51. The van der Waals surface area contributed by atoms with E-state index >= 15 is 0 Å². The van der Waals surface area contributed by atoms with Crippen molar-refractivity contribution < 1.29 is 13.9 Å². The highest BCUT2D eigenvalue weighted by Gasteiger charge is 2.24. The SMILES string of the molecule is CCCc1cc(=O)oc2c(C)c(OC(C)C(=O)NC3CCC(N)CC3)ccc12. The Bertz CT molecular complexity index is 897. The molecule has 0 saturated heterocycles. The standard InChI is InChI=1S/C22H30N2O4/c1-4-5-15-12-20(25)28-21-13(2)19(11-10-18(15)21)27-14(3)22(26)24-17-8-6-16(23)7-9-17/h10-12,14,16-17H,4-9,23H2,1-3H3,(H,24,26). The lowest BCUT2D eigenvalue weighted by Crippen LogP contribution is -2.45. The number of hydrogen-bond acceptors (Lipinski definition) is 5. The van der Waals surface area contributed by atoms with Crippen molar-refractivity contribution >= 4 is 16.9 Å². The molecule has 1 aliphatic rings. The summed E-state index contributed by atoms with van der Waals surface area (Å²) in [6, 6.07) is 5.71. The zero-order valence-electron chi connectivity index (χ0n) is 16.9. The van der Waals surface area contributed by atoms with Gasteiger partial charge in [-0.2, -0.15) is 0 Å². The number of carbonyl (C=O) groups is 1. The predicted molar refractivity (Wildman–Crippen MR) is 110 cm³/mol. The van der Waals surface area contributed by atoms with Crippen LogP contribution in [-0.4, -0.2) is 24.1 Å². The second-order valence-electron chi connectivity index (χ2n) is 7.79. The van der Waals surface area contributed by atoms with E-state index < -0.39 is 6.10 Å². The number of ether oxygens (including phenoxy) is 1. The molecule has 0 radical (unpaired) electrons. The maximum Gasteiger partial charge on any atom is 0.336 e. The molecule has 0 aliphatic heterocycles. The van der Waals surface area contributed by atoms with Gasteiger partial charge in [-0.1, -0.05) is 13.3 Å². The van der Waals surface area contributed by atoms with Crippen LogP contribution in [0.4, 0.5) is 0 Å². The topological polar surface area (TPSA) is 94.6 Å². The van der Waals surface area contributed by atoms with Gasteiger partial charge in [0.25, 0.3) is 5.91 Å². The number of hydrogen-bond donors (Lipinski definition) is 2. The van der Waals surface area contributed by atoms with Crippen LogP contribution in [0.1, 0.15) is 57.1 Å². The van der Waals surface area contributed by atoms with E-state index in [4.69, 9.17) is 14.9 Å². The zero-order chi connectivity index (χ0) is 20.3. The van der Waals surface area contributed by atoms with Gasteiger partial charge in [-0.15, -0.1) is 0 Å². The molecule has 6 nitrogen and oxygen atoms in total. The summed E-state index contributed by atoms with van der Waals surface area (Å²) in [4.78, 5) is 24.5. The molecule has 1 unspecified atom stereocenters. The van der Waals surface area contributed by atoms with E-state index in [1.54, 1.807) is 13.0 Å². The van der Waals surface area contributed by atoms with Gasteiger partial charge >= 0.3 is 5.63 Å². The molecular weight excluding hydrogens is 356 g/mol. The minimum absolute atomic E-state index is 0.138. The molecule has 3 N–H and O–H groups in total. The summed E-state index contributed by atoms with van der Waals surface area (Å²) >= 11 is 0. The van der Waals surface area contributed by atoms with Gasteiger partial charge in [0, 0.05) is 29.1 Å². The average Bonchev–Trinajstić information content (AvgIpc) is 2.66. The smallest absolute Gasteiger partial charge is 0.336 e. The van der Waals surface area contributed by atoms with Crippen molar-refractivity contribution in [2.45, 2.75) is 77.5 Å². The third-order valence-electron chi connectivity index (χ3n) is 5.51. The number of nitrogens with two attached hydrogens (primary N) is 1. The first-order chi connectivity index (χ1) is 13.4. The fourth-order valence-electron chi connectivity index (χ4n) is 3.84. The lowest BCUT2D eigenvalue weighted by molar-refractivity contribution is -0.128. The van der Waals surface area contributed by atoms with Crippen LogP contribution < -0.4 is 21.4 Å². The Balaban J connectivity index is 1.75. The number of aryl methyl sites for hydroxylation is 2. The fourth-order valence-corrected chi connectivity index (χ4v) is 3.84. The quantitative estimate of drug-likeness (QED) is 0.744. The Morgan fingerprint density at radius 2 is 2.04 bits per heavy atom. The van der Waals surface area contributed by atoms with Gasteiger partial charge in [0.2, 0.25) is 0 Å². The van der Waals surface area contributed by atoms with Gasteiger partial charge < -0.3 is 20.2 Å². The highest BCUT2D eigenvalue weighted by atomic mass is 16.5. The van der Waals surface area contributed by atoms with E-state index in [1.807, 2.05) is 19.1 Å². The third kappa shape index (κ3) is 4.55. The van der Waals surface area contributed by atoms with Gasteiger partial charge in [0.1, 0.15) is 11.3 Å². The monoisotopic (exact) mass is 386 g/mol. The van der Waals surface area contributed by atoms with E-state index in [9.17, 15) is 9.59 Å². The van der Waals surface area contributed by atoms with Crippen LogP contribution in [0.15, 0.2) is 27.4 Å². The molecule has 1 atom stereocenters. The molecule has 0 bridgehead atoms. The van der Waals surface area contributed by atoms with Crippen molar-refractivity contribution in [2.24, 2.45) is 5.73 Å². The van der Waals surface area contributed by atoms with Crippen molar-refractivity contribution in [3.63, 3.8) is 0 Å². The zero-order valence-corrected chi connectivity index (χ0v) is 16.9. The maximum atomic E-state index is 12.5. The molecule has 1 aromatic heterocycles. The largest absolute Gasteiger partial charge is 0.480 e. The van der Waals surface area contributed by atoms with Crippen LogP contribution in [-0.2, 0) is 11.2 Å². The number of fused-ring (bicyclic) bond motifs is 1. The molecule has 1 aromatic carbocycles. The van der Waals surface area contributed by atoms with E-state index in [1.165, 1.54) is 0 Å². The first-order valence-electron chi connectivity index (χ1n) is 10.2. The molecule has 1 heterocycles. The van der Waals surface area contributed by atoms with E-state index in [0.29, 0.717) is 11.3 Å². The van der Waals surface area contributed by atoms with Crippen LogP contribution in [0.3, 0.4) is 0 Å². The minimum atomic E-state index is -0.641. The number of rotatable bonds is 6. The molecule has 1 amide bonds. The van der Waals surface area contributed by atoms with E-state index in [-0.39, 0.29) is 23.6 Å². The molecule has 6 heteroatoms. The highest BCUT2D eigenvalue weighted by molar-refractivity contribution is 5.85. The minimum Gasteiger partial charge on any atom is -0.480 e. The summed E-state index contributed by atoms with van der Waals surface area (Å²) in [7, 11) is 0. The normalized spacial score (nSPS) is 20.7. The van der Waals surface area contributed by atoms with Crippen LogP contribution in [0.25, 0.3) is 11.0 Å². The fraction of sp³-hybridized carbons (Fsp3) is 0.545. The molecule has 0 spiro atoms. The second-order valence-corrected chi connectivity index (χ2v) is 7.79. The molecule has 3 rings (SSSR count). The summed E-state index contributed by atoms with van der Waals surface area (Å²) in [5, 5.41) is 3.98. The first-order valence-corrected chi connectivity index (χ1v) is 10.2. The molecular formula is C22H30N2O4. The molecule has 152 valence electrons. The highest BCUT2D eigenvalue weighted by Crippen LogP contribution is 2.29. The second kappa shape index (κ2) is 8.78. The number of amides is 1. The number of benzene rings is 1. The molecule has 1 fully saturated rings. The average molecular weight is 386 g/mol. The lowest BCUT2D eigenvalue weighted by atomic mass is 9.92. The van der Waals surface area contributed by atoms with Crippen molar-refractivity contribution in [2.75, 3.05) is 0 Å². The Hall–Kier alpha value is -2.34. The van der Waals surface area contributed by atoms with Gasteiger partial charge in [0.15, 0.2) is 6.10 Å².